The highest BCUT2D eigenvalue weighted by atomic mass is 32.1. The van der Waals surface area contributed by atoms with Gasteiger partial charge >= 0.3 is 0 Å². The SMILES string of the molecule is c1ccc2c(c1)OC[C@@H](c1nn3c([C@H]4COc5ccccc5O4)nnc3s1)O2. The topological polar surface area (TPSA) is 80.0 Å². The van der Waals surface area contributed by atoms with Crippen LogP contribution in [0.1, 0.15) is 23.0 Å². The molecule has 0 saturated carbocycles. The molecule has 2 aliphatic heterocycles. The van der Waals surface area contributed by atoms with Crippen LogP contribution >= 0.6 is 11.3 Å². The molecule has 0 amide bonds. The molecular weight excluding hydrogens is 380 g/mol. The maximum absolute atomic E-state index is 6.05. The molecule has 4 heterocycles. The van der Waals surface area contributed by atoms with E-state index >= 15 is 0 Å². The number of hydrogen-bond acceptors (Lipinski definition) is 8. The summed E-state index contributed by atoms with van der Waals surface area (Å²) in [5, 5.41) is 14.0. The number of fused-ring (bicyclic) bond motifs is 3. The second kappa shape index (κ2) is 6.10. The average Bonchev–Trinajstić information content (AvgIpc) is 3.34. The van der Waals surface area contributed by atoms with Crippen molar-refractivity contribution in [3.05, 3.63) is 59.4 Å². The minimum atomic E-state index is -0.385. The number of aromatic nitrogens is 4. The zero-order chi connectivity index (χ0) is 18.5. The van der Waals surface area contributed by atoms with Crippen molar-refractivity contribution in [1.29, 1.82) is 0 Å². The zero-order valence-electron chi connectivity index (χ0n) is 14.5. The second-order valence-electron chi connectivity index (χ2n) is 6.42. The molecule has 2 aromatic carbocycles. The molecule has 8 nitrogen and oxygen atoms in total. The van der Waals surface area contributed by atoms with E-state index in [2.05, 4.69) is 15.3 Å². The van der Waals surface area contributed by atoms with E-state index < -0.39 is 0 Å². The number of nitrogens with zero attached hydrogens (tertiary/aromatic N) is 4. The van der Waals surface area contributed by atoms with Gasteiger partial charge in [-0.15, -0.1) is 10.2 Å². The zero-order valence-corrected chi connectivity index (χ0v) is 15.3. The van der Waals surface area contributed by atoms with Crippen LogP contribution in [0.3, 0.4) is 0 Å². The van der Waals surface area contributed by atoms with Crippen LogP contribution in [0, 0.1) is 0 Å². The Balaban J connectivity index is 1.30. The Labute approximate surface area is 163 Å². The van der Waals surface area contributed by atoms with Gasteiger partial charge in [0.2, 0.25) is 4.96 Å². The quantitative estimate of drug-likeness (QED) is 0.516. The van der Waals surface area contributed by atoms with Crippen molar-refractivity contribution < 1.29 is 18.9 Å². The van der Waals surface area contributed by atoms with Crippen LogP contribution < -0.4 is 18.9 Å². The van der Waals surface area contributed by atoms with Crippen molar-refractivity contribution >= 4 is 16.3 Å². The summed E-state index contributed by atoms with van der Waals surface area (Å²) >= 11 is 1.43. The molecule has 0 spiro atoms. The van der Waals surface area contributed by atoms with Gasteiger partial charge in [0.25, 0.3) is 0 Å². The summed E-state index contributed by atoms with van der Waals surface area (Å²) in [6, 6.07) is 15.2. The molecule has 0 radical (unpaired) electrons. The molecule has 0 aliphatic carbocycles. The minimum absolute atomic E-state index is 0.293. The van der Waals surface area contributed by atoms with E-state index in [1.54, 1.807) is 4.52 Å². The molecule has 2 aliphatic rings. The van der Waals surface area contributed by atoms with Crippen molar-refractivity contribution in [2.75, 3.05) is 13.2 Å². The van der Waals surface area contributed by atoms with E-state index in [0.717, 1.165) is 16.5 Å². The minimum Gasteiger partial charge on any atom is -0.485 e. The number of rotatable bonds is 2. The standard InChI is InChI=1S/C19H14N4O4S/c1-3-7-13-11(5-1)24-9-15(26-13)17-20-21-19-23(17)22-18(28-19)16-10-25-12-6-2-4-8-14(12)27-16/h1-8,15-16H,9-10H2/t15-,16+/m1/s1. The lowest BCUT2D eigenvalue weighted by atomic mass is 10.2. The van der Waals surface area contributed by atoms with Crippen LogP contribution in [0.2, 0.25) is 0 Å². The van der Waals surface area contributed by atoms with E-state index in [9.17, 15) is 0 Å². The van der Waals surface area contributed by atoms with Gasteiger partial charge in [0.15, 0.2) is 46.0 Å². The van der Waals surface area contributed by atoms with Gasteiger partial charge in [0.05, 0.1) is 0 Å². The van der Waals surface area contributed by atoms with Crippen molar-refractivity contribution in [3.8, 4) is 23.0 Å². The third-order valence-electron chi connectivity index (χ3n) is 4.61. The highest BCUT2D eigenvalue weighted by Gasteiger charge is 2.31. The molecule has 2 aromatic heterocycles. The monoisotopic (exact) mass is 394 g/mol. The predicted molar refractivity (Wildman–Crippen MR) is 99.3 cm³/mol. The first kappa shape index (κ1) is 15.7. The van der Waals surface area contributed by atoms with Crippen LogP contribution in [0.15, 0.2) is 48.5 Å². The van der Waals surface area contributed by atoms with Gasteiger partial charge in [-0.1, -0.05) is 35.6 Å². The van der Waals surface area contributed by atoms with Gasteiger partial charge in [0.1, 0.15) is 13.2 Å². The van der Waals surface area contributed by atoms with Crippen molar-refractivity contribution in [3.63, 3.8) is 0 Å². The van der Waals surface area contributed by atoms with E-state index in [0.29, 0.717) is 35.5 Å². The van der Waals surface area contributed by atoms with Crippen LogP contribution in [-0.2, 0) is 0 Å². The van der Waals surface area contributed by atoms with E-state index in [4.69, 9.17) is 18.9 Å². The van der Waals surface area contributed by atoms with Crippen LogP contribution in [0.25, 0.3) is 4.96 Å². The summed E-state index contributed by atoms with van der Waals surface area (Å²) in [7, 11) is 0. The highest BCUT2D eigenvalue weighted by molar-refractivity contribution is 7.16. The van der Waals surface area contributed by atoms with Crippen molar-refractivity contribution in [1.82, 2.24) is 19.8 Å². The molecule has 0 saturated heterocycles. The number of benzene rings is 2. The molecule has 0 unspecified atom stereocenters. The lowest BCUT2D eigenvalue weighted by Crippen LogP contribution is -2.24. The Morgan fingerprint density at radius 2 is 1.39 bits per heavy atom. The fourth-order valence-electron chi connectivity index (χ4n) is 3.27. The molecule has 28 heavy (non-hydrogen) atoms. The summed E-state index contributed by atoms with van der Waals surface area (Å²) in [5.74, 6) is 3.47. The lowest BCUT2D eigenvalue weighted by Gasteiger charge is -2.25. The van der Waals surface area contributed by atoms with E-state index in [1.807, 2.05) is 48.5 Å². The molecule has 0 N–H and O–H groups in total. The lowest BCUT2D eigenvalue weighted by molar-refractivity contribution is 0.0821. The van der Waals surface area contributed by atoms with Crippen molar-refractivity contribution in [2.24, 2.45) is 0 Å². The summed E-state index contributed by atoms with van der Waals surface area (Å²) in [4.78, 5) is 0.676. The van der Waals surface area contributed by atoms with E-state index in [1.165, 1.54) is 11.3 Å². The van der Waals surface area contributed by atoms with Gasteiger partial charge in [-0.25, -0.2) is 0 Å². The van der Waals surface area contributed by atoms with Gasteiger partial charge in [-0.3, -0.25) is 0 Å². The number of hydrogen-bond donors (Lipinski definition) is 0. The third-order valence-corrected chi connectivity index (χ3v) is 5.60. The van der Waals surface area contributed by atoms with Crippen molar-refractivity contribution in [2.45, 2.75) is 12.2 Å². The smallest absolute Gasteiger partial charge is 0.234 e. The first-order valence-electron chi connectivity index (χ1n) is 8.84. The molecule has 140 valence electrons. The van der Waals surface area contributed by atoms with Gasteiger partial charge < -0.3 is 18.9 Å². The maximum atomic E-state index is 6.05. The summed E-state index contributed by atoms with van der Waals surface area (Å²) in [6.45, 7) is 0.744. The van der Waals surface area contributed by atoms with Crippen LogP contribution in [0.5, 0.6) is 23.0 Å². The number of ether oxygens (including phenoxy) is 4. The Morgan fingerprint density at radius 3 is 2.11 bits per heavy atom. The summed E-state index contributed by atoms with van der Waals surface area (Å²) < 4.78 is 25.4. The van der Waals surface area contributed by atoms with E-state index in [-0.39, 0.29) is 12.2 Å². The molecule has 2 atom stereocenters. The molecule has 0 bridgehead atoms. The normalized spacial score (nSPS) is 20.3. The molecule has 0 fully saturated rings. The largest absolute Gasteiger partial charge is 0.485 e. The van der Waals surface area contributed by atoms with Gasteiger partial charge in [-0.05, 0) is 24.3 Å². The molecular formula is C19H14N4O4S. The Bertz CT molecular complexity index is 1170. The molecule has 6 rings (SSSR count). The number of para-hydroxylation sites is 4. The Hall–Kier alpha value is -3.33. The van der Waals surface area contributed by atoms with Gasteiger partial charge in [-0.2, -0.15) is 9.61 Å². The second-order valence-corrected chi connectivity index (χ2v) is 7.41. The van der Waals surface area contributed by atoms with Crippen LogP contribution in [0.4, 0.5) is 0 Å². The average molecular weight is 394 g/mol. The summed E-state index contributed by atoms with van der Waals surface area (Å²) in [6.07, 6.45) is -0.678. The maximum Gasteiger partial charge on any atom is 0.234 e. The first-order valence-corrected chi connectivity index (χ1v) is 9.66. The third kappa shape index (κ3) is 2.47. The Kier molecular flexibility index (Phi) is 3.42. The summed E-state index contributed by atoms with van der Waals surface area (Å²) in [5.41, 5.74) is 0. The first-order chi connectivity index (χ1) is 13.8. The predicted octanol–water partition coefficient (Wildman–Crippen LogP) is 3.21. The Morgan fingerprint density at radius 1 is 0.786 bits per heavy atom. The highest BCUT2D eigenvalue weighted by Crippen LogP contribution is 2.38. The van der Waals surface area contributed by atoms with Gasteiger partial charge in [0, 0.05) is 0 Å². The molecule has 4 aromatic rings. The fraction of sp³-hybridized carbons (Fsp3) is 0.211. The fourth-order valence-corrected chi connectivity index (χ4v) is 4.13. The molecule has 9 heteroatoms. The van der Waals surface area contributed by atoms with Crippen LogP contribution in [-0.4, -0.2) is 33.0 Å².